The van der Waals surface area contributed by atoms with Crippen LogP contribution >= 0.6 is 11.3 Å². The quantitative estimate of drug-likeness (QED) is 0.433. The zero-order valence-corrected chi connectivity index (χ0v) is 20.8. The van der Waals surface area contributed by atoms with Gasteiger partial charge in [0.2, 0.25) is 5.91 Å². The van der Waals surface area contributed by atoms with Crippen LogP contribution in [0.15, 0.2) is 11.1 Å². The van der Waals surface area contributed by atoms with Gasteiger partial charge in [-0.25, -0.2) is 4.79 Å². The predicted molar refractivity (Wildman–Crippen MR) is 126 cm³/mol. The number of amides is 1. The van der Waals surface area contributed by atoms with Gasteiger partial charge in [-0.1, -0.05) is 38.3 Å². The van der Waals surface area contributed by atoms with Crippen molar-refractivity contribution in [2.45, 2.75) is 73.1 Å². The maximum Gasteiger partial charge on any atom is 0.341 e. The Labute approximate surface area is 194 Å². The highest BCUT2D eigenvalue weighted by molar-refractivity contribution is 7.17. The molecule has 3 rings (SSSR count). The van der Waals surface area contributed by atoms with Gasteiger partial charge in [0.15, 0.2) is 0 Å². The minimum absolute atomic E-state index is 0.203. The fourth-order valence-electron chi connectivity index (χ4n) is 4.98. The number of nitrogens with one attached hydrogen (secondary N) is 1. The van der Waals surface area contributed by atoms with Crippen molar-refractivity contribution in [3.05, 3.63) is 27.2 Å². The zero-order valence-electron chi connectivity index (χ0n) is 20.0. The van der Waals surface area contributed by atoms with Gasteiger partial charge in [-0.3, -0.25) is 9.59 Å². The second-order valence-corrected chi connectivity index (χ2v) is 11.1. The van der Waals surface area contributed by atoms with E-state index in [9.17, 15) is 19.5 Å². The highest BCUT2D eigenvalue weighted by atomic mass is 32.1. The topological polar surface area (TPSA) is 92.7 Å². The second kappa shape index (κ2) is 9.38. The fourth-order valence-corrected chi connectivity index (χ4v) is 6.30. The lowest BCUT2D eigenvalue weighted by atomic mass is 9.69. The molecule has 1 aromatic heterocycles. The summed E-state index contributed by atoms with van der Waals surface area (Å²) >= 11 is 1.45. The van der Waals surface area contributed by atoms with E-state index in [4.69, 9.17) is 4.74 Å². The average Bonchev–Trinajstić information content (AvgIpc) is 3.11. The van der Waals surface area contributed by atoms with Crippen LogP contribution < -0.4 is 5.32 Å². The first kappa shape index (κ1) is 24.5. The van der Waals surface area contributed by atoms with Gasteiger partial charge in [-0.2, -0.15) is 0 Å². The lowest BCUT2D eigenvalue weighted by molar-refractivity contribution is -0.146. The van der Waals surface area contributed by atoms with Gasteiger partial charge in [0.1, 0.15) is 5.00 Å². The maximum atomic E-state index is 13.2. The number of ether oxygens (including phenoxy) is 1. The van der Waals surface area contributed by atoms with Crippen molar-refractivity contribution in [2.24, 2.45) is 23.2 Å². The van der Waals surface area contributed by atoms with Gasteiger partial charge in [0.25, 0.3) is 0 Å². The van der Waals surface area contributed by atoms with E-state index in [1.807, 2.05) is 13.8 Å². The Hall–Kier alpha value is -2.15. The lowest BCUT2D eigenvalue weighted by Gasteiger charge is -2.36. The average molecular weight is 462 g/mol. The van der Waals surface area contributed by atoms with Crippen LogP contribution in [-0.2, 0) is 27.2 Å². The number of carbonyl (C=O) groups is 3. The standard InChI is InChI=1S/C25H35NO5S/c1-7-25(4,5)15-8-9-16-19(12-15)32-22(20(16)24(30)31-6)26-21(27)17-10-13(2)14(3)11-18(17)23(28)29/h15,17-18H,7-12H2,1-6H3,(H,26,27)(H,28,29)/t15-,17+,18-/m0/s1. The Morgan fingerprint density at radius 3 is 2.31 bits per heavy atom. The van der Waals surface area contributed by atoms with E-state index in [0.29, 0.717) is 29.3 Å². The number of rotatable bonds is 6. The number of aliphatic carboxylic acids is 1. The summed E-state index contributed by atoms with van der Waals surface area (Å²) in [6.07, 6.45) is 4.52. The van der Waals surface area contributed by atoms with Crippen molar-refractivity contribution in [1.29, 1.82) is 0 Å². The minimum atomic E-state index is -0.958. The van der Waals surface area contributed by atoms with Gasteiger partial charge in [0, 0.05) is 4.88 Å². The number of fused-ring (bicyclic) bond motifs is 1. The van der Waals surface area contributed by atoms with Crippen LogP contribution in [0.3, 0.4) is 0 Å². The van der Waals surface area contributed by atoms with Crippen LogP contribution in [0.4, 0.5) is 5.00 Å². The molecular weight excluding hydrogens is 426 g/mol. The molecule has 176 valence electrons. The monoisotopic (exact) mass is 461 g/mol. The van der Waals surface area contributed by atoms with Gasteiger partial charge < -0.3 is 15.2 Å². The molecule has 0 radical (unpaired) electrons. The molecule has 0 aromatic carbocycles. The summed E-state index contributed by atoms with van der Waals surface area (Å²) < 4.78 is 5.05. The summed E-state index contributed by atoms with van der Waals surface area (Å²) in [5.41, 5.74) is 3.72. The van der Waals surface area contributed by atoms with Crippen LogP contribution in [0.2, 0.25) is 0 Å². The van der Waals surface area contributed by atoms with Gasteiger partial charge in [-0.15, -0.1) is 11.3 Å². The molecule has 7 heteroatoms. The maximum absolute atomic E-state index is 13.2. The molecule has 2 aliphatic carbocycles. The number of thiophene rings is 1. The number of carbonyl (C=O) groups excluding carboxylic acids is 2. The summed E-state index contributed by atoms with van der Waals surface area (Å²) in [6, 6.07) is 0. The third-order valence-electron chi connectivity index (χ3n) is 7.83. The van der Waals surface area contributed by atoms with Crippen molar-refractivity contribution >= 4 is 34.2 Å². The Morgan fingerprint density at radius 2 is 1.75 bits per heavy atom. The molecule has 1 aromatic rings. The number of allylic oxidation sites excluding steroid dienone is 2. The summed E-state index contributed by atoms with van der Waals surface area (Å²) in [6.45, 7) is 10.7. The molecule has 1 heterocycles. The number of hydrogen-bond donors (Lipinski definition) is 2. The van der Waals surface area contributed by atoms with E-state index >= 15 is 0 Å². The molecular formula is C25H35NO5S. The van der Waals surface area contributed by atoms with E-state index in [1.54, 1.807) is 0 Å². The van der Waals surface area contributed by atoms with Crippen molar-refractivity contribution in [2.75, 3.05) is 12.4 Å². The summed E-state index contributed by atoms with van der Waals surface area (Å²) in [7, 11) is 1.35. The van der Waals surface area contributed by atoms with Crippen molar-refractivity contribution < 1.29 is 24.2 Å². The first-order valence-electron chi connectivity index (χ1n) is 11.4. The van der Waals surface area contributed by atoms with E-state index in [-0.39, 0.29) is 11.3 Å². The fraction of sp³-hybridized carbons (Fsp3) is 0.640. The Balaban J connectivity index is 1.92. The number of carboxylic acid groups (broad SMARTS) is 1. The van der Waals surface area contributed by atoms with Crippen molar-refractivity contribution in [1.82, 2.24) is 0 Å². The number of anilines is 1. The number of carboxylic acids is 1. The summed E-state index contributed by atoms with van der Waals surface area (Å²) in [5.74, 6) is -2.65. The molecule has 6 nitrogen and oxygen atoms in total. The van der Waals surface area contributed by atoms with Crippen molar-refractivity contribution in [3.63, 3.8) is 0 Å². The Bertz CT molecular complexity index is 958. The van der Waals surface area contributed by atoms with E-state index < -0.39 is 23.8 Å². The third kappa shape index (κ3) is 4.63. The normalized spacial score (nSPS) is 23.5. The van der Waals surface area contributed by atoms with E-state index in [1.165, 1.54) is 18.4 Å². The van der Waals surface area contributed by atoms with Crippen LogP contribution in [-0.4, -0.2) is 30.1 Å². The molecule has 0 fully saturated rings. The highest BCUT2D eigenvalue weighted by Crippen LogP contribution is 2.46. The number of esters is 1. The molecule has 1 amide bonds. The summed E-state index contributed by atoms with van der Waals surface area (Å²) in [5, 5.41) is 13.1. The first-order chi connectivity index (χ1) is 15.0. The molecule has 32 heavy (non-hydrogen) atoms. The zero-order chi connectivity index (χ0) is 23.8. The molecule has 0 unspecified atom stereocenters. The van der Waals surface area contributed by atoms with Gasteiger partial charge in [-0.05, 0) is 62.8 Å². The van der Waals surface area contributed by atoms with Crippen LogP contribution in [0.25, 0.3) is 0 Å². The molecule has 0 spiro atoms. The highest BCUT2D eigenvalue weighted by Gasteiger charge is 2.39. The van der Waals surface area contributed by atoms with E-state index in [2.05, 4.69) is 26.1 Å². The molecule has 3 atom stereocenters. The Morgan fingerprint density at radius 1 is 1.12 bits per heavy atom. The van der Waals surface area contributed by atoms with Crippen molar-refractivity contribution in [3.8, 4) is 0 Å². The van der Waals surface area contributed by atoms with E-state index in [0.717, 1.165) is 47.3 Å². The predicted octanol–water partition coefficient (Wildman–Crippen LogP) is 5.46. The minimum Gasteiger partial charge on any atom is -0.481 e. The molecule has 0 bridgehead atoms. The Kier molecular flexibility index (Phi) is 7.18. The second-order valence-electron chi connectivity index (χ2n) is 9.99. The first-order valence-corrected chi connectivity index (χ1v) is 12.2. The number of hydrogen-bond acceptors (Lipinski definition) is 5. The molecule has 0 saturated heterocycles. The largest absolute Gasteiger partial charge is 0.481 e. The summed E-state index contributed by atoms with van der Waals surface area (Å²) in [4.78, 5) is 38.9. The molecule has 2 N–H and O–H groups in total. The molecule has 0 aliphatic heterocycles. The molecule has 2 aliphatic rings. The van der Waals surface area contributed by atoms with Gasteiger partial charge in [0.05, 0.1) is 24.5 Å². The van der Waals surface area contributed by atoms with Crippen LogP contribution in [0.1, 0.15) is 81.1 Å². The SMILES string of the molecule is CCC(C)(C)[C@H]1CCc2c(sc(NC(=O)[C@@H]3CC(C)=C(C)C[C@@H]3C(=O)O)c2C(=O)OC)C1. The van der Waals surface area contributed by atoms with Crippen LogP contribution in [0.5, 0.6) is 0 Å². The van der Waals surface area contributed by atoms with Gasteiger partial charge >= 0.3 is 11.9 Å². The smallest absolute Gasteiger partial charge is 0.341 e. The van der Waals surface area contributed by atoms with Crippen LogP contribution in [0, 0.1) is 23.2 Å². The lowest BCUT2D eigenvalue weighted by Crippen LogP contribution is -2.36. The third-order valence-corrected chi connectivity index (χ3v) is 9.00. The molecule has 0 saturated carbocycles. The number of methoxy groups -OCH3 is 1.